The second-order valence-electron chi connectivity index (χ2n) is 8.96. The van der Waals surface area contributed by atoms with E-state index < -0.39 is 59.7 Å². The molecule has 0 aliphatic carbocycles. The lowest BCUT2D eigenvalue weighted by atomic mass is 10.0. The van der Waals surface area contributed by atoms with Crippen LogP contribution in [-0.2, 0) is 28.8 Å². The zero-order valence-corrected chi connectivity index (χ0v) is 22.6. The van der Waals surface area contributed by atoms with Crippen molar-refractivity contribution in [1.29, 1.82) is 0 Å². The lowest BCUT2D eigenvalue weighted by molar-refractivity contribution is -0.142. The zero-order valence-electron chi connectivity index (χ0n) is 22.6. The molecule has 19 nitrogen and oxygen atoms in total. The second kappa shape index (κ2) is 19.4. The van der Waals surface area contributed by atoms with Crippen LogP contribution in [0.15, 0.2) is 9.98 Å². The van der Waals surface area contributed by atoms with E-state index in [2.05, 4.69) is 25.9 Å². The van der Waals surface area contributed by atoms with Crippen molar-refractivity contribution in [2.45, 2.75) is 75.5 Å². The number of nitrogens with one attached hydrogen (secondary N) is 3. The molecular formula is C22H41N11O8. The van der Waals surface area contributed by atoms with Crippen LogP contribution in [0, 0.1) is 0 Å². The van der Waals surface area contributed by atoms with Crippen molar-refractivity contribution >= 4 is 47.5 Å². The third-order valence-electron chi connectivity index (χ3n) is 5.46. The largest absolute Gasteiger partial charge is 0.481 e. The zero-order chi connectivity index (χ0) is 31.5. The fraction of sp³-hybridized carbons (Fsp3) is 0.636. The monoisotopic (exact) mass is 587 g/mol. The van der Waals surface area contributed by atoms with Gasteiger partial charge in [0.05, 0.1) is 6.04 Å². The number of carbonyl (C=O) groups excluding carboxylic acids is 4. The van der Waals surface area contributed by atoms with Crippen molar-refractivity contribution in [3.8, 4) is 0 Å². The van der Waals surface area contributed by atoms with Crippen LogP contribution in [0.5, 0.6) is 0 Å². The number of hydrogen-bond donors (Lipinski definition) is 11. The number of aliphatic imine (C=N–C) groups is 2. The Morgan fingerprint density at radius 2 is 1.05 bits per heavy atom. The van der Waals surface area contributed by atoms with Crippen LogP contribution in [0.25, 0.3) is 0 Å². The van der Waals surface area contributed by atoms with Crippen LogP contribution in [0.2, 0.25) is 0 Å². The Labute approximate surface area is 235 Å². The van der Waals surface area contributed by atoms with Crippen molar-refractivity contribution < 1.29 is 39.0 Å². The maximum Gasteiger partial charge on any atom is 0.326 e. The molecule has 0 heterocycles. The molecule has 4 unspecified atom stereocenters. The summed E-state index contributed by atoms with van der Waals surface area (Å²) in [6.45, 7) is 0.193. The third kappa shape index (κ3) is 17.5. The number of rotatable bonds is 21. The van der Waals surface area contributed by atoms with Gasteiger partial charge in [0.1, 0.15) is 18.1 Å². The predicted octanol–water partition coefficient (Wildman–Crippen LogP) is -4.91. The van der Waals surface area contributed by atoms with Crippen LogP contribution in [0.3, 0.4) is 0 Å². The van der Waals surface area contributed by atoms with E-state index in [-0.39, 0.29) is 76.4 Å². The number of carboxylic acids is 2. The molecule has 232 valence electrons. The maximum absolute atomic E-state index is 13.2. The molecule has 0 aliphatic heterocycles. The van der Waals surface area contributed by atoms with Crippen LogP contribution in [0.4, 0.5) is 0 Å². The Kier molecular flexibility index (Phi) is 17.2. The Balaban J connectivity index is 5.80. The van der Waals surface area contributed by atoms with Gasteiger partial charge in [-0.1, -0.05) is 0 Å². The minimum absolute atomic E-state index is 0.00128. The van der Waals surface area contributed by atoms with Crippen molar-refractivity contribution in [2.75, 3.05) is 13.1 Å². The van der Waals surface area contributed by atoms with Crippen LogP contribution in [-0.4, -0.2) is 95.0 Å². The summed E-state index contributed by atoms with van der Waals surface area (Å²) >= 11 is 0. The molecule has 0 saturated carbocycles. The molecule has 0 aliphatic rings. The first-order valence-corrected chi connectivity index (χ1v) is 12.6. The molecule has 0 fully saturated rings. The SMILES string of the molecule is NC(=O)CCC(NC(=O)C(CCCN=C(N)N)NC(=O)C(CCCN=C(N)N)NC(=O)C(N)CCC(=O)O)C(=O)O. The van der Waals surface area contributed by atoms with Gasteiger partial charge in [0, 0.05) is 25.9 Å². The normalized spacial score (nSPS) is 13.4. The van der Waals surface area contributed by atoms with Gasteiger partial charge in [-0.2, -0.15) is 0 Å². The van der Waals surface area contributed by atoms with Gasteiger partial charge in [-0.3, -0.25) is 34.0 Å². The highest BCUT2D eigenvalue weighted by molar-refractivity contribution is 5.94. The Hall–Kier alpha value is -4.68. The molecule has 4 amide bonds. The van der Waals surface area contributed by atoms with Crippen LogP contribution >= 0.6 is 0 Å². The lowest BCUT2D eigenvalue weighted by Gasteiger charge is -2.25. The van der Waals surface area contributed by atoms with E-state index in [0.717, 1.165) is 0 Å². The molecule has 0 aromatic rings. The van der Waals surface area contributed by atoms with E-state index in [1.807, 2.05) is 0 Å². The first-order valence-electron chi connectivity index (χ1n) is 12.6. The Morgan fingerprint density at radius 3 is 1.44 bits per heavy atom. The first kappa shape index (κ1) is 36.3. The van der Waals surface area contributed by atoms with Gasteiger partial charge >= 0.3 is 11.9 Å². The van der Waals surface area contributed by atoms with Crippen LogP contribution in [0.1, 0.15) is 51.4 Å². The molecule has 0 spiro atoms. The molecular weight excluding hydrogens is 546 g/mol. The number of guanidine groups is 2. The maximum atomic E-state index is 13.2. The molecule has 19 heteroatoms. The summed E-state index contributed by atoms with van der Waals surface area (Å²) in [5, 5.41) is 25.4. The molecule has 41 heavy (non-hydrogen) atoms. The van der Waals surface area contributed by atoms with Crippen molar-refractivity contribution in [2.24, 2.45) is 44.4 Å². The topological polar surface area (TPSA) is 360 Å². The fourth-order valence-electron chi connectivity index (χ4n) is 3.32. The highest BCUT2D eigenvalue weighted by atomic mass is 16.4. The second-order valence-corrected chi connectivity index (χ2v) is 8.96. The lowest BCUT2D eigenvalue weighted by Crippen LogP contribution is -2.57. The molecule has 4 atom stereocenters. The number of primary amides is 1. The highest BCUT2D eigenvalue weighted by Crippen LogP contribution is 2.06. The van der Waals surface area contributed by atoms with Gasteiger partial charge in [-0.15, -0.1) is 0 Å². The standard InChI is InChI=1S/C22H41N11O8/c23-11(5-8-16(35)36)17(37)31-12(3-1-9-29-21(25)26)18(38)32-13(4-2-10-30-22(27)28)19(39)33-14(20(40)41)6-7-15(24)34/h11-14H,1-10,23H2,(H2,24,34)(H,31,37)(H,32,38)(H,33,39)(H,35,36)(H,40,41)(H4,25,26,29)(H4,27,28,30). The quantitative estimate of drug-likeness (QED) is 0.0341. The van der Waals surface area contributed by atoms with E-state index >= 15 is 0 Å². The summed E-state index contributed by atoms with van der Waals surface area (Å²) in [7, 11) is 0. The highest BCUT2D eigenvalue weighted by Gasteiger charge is 2.30. The molecule has 0 aromatic carbocycles. The summed E-state index contributed by atoms with van der Waals surface area (Å²) in [6, 6.07) is -5.26. The summed E-state index contributed by atoms with van der Waals surface area (Å²) < 4.78 is 0. The van der Waals surface area contributed by atoms with Gasteiger partial charge in [0.15, 0.2) is 11.9 Å². The number of aliphatic carboxylic acids is 2. The summed E-state index contributed by atoms with van der Waals surface area (Å²) in [5.74, 6) is -6.26. The smallest absolute Gasteiger partial charge is 0.326 e. The average molecular weight is 588 g/mol. The molecule has 0 rings (SSSR count). The Bertz CT molecular complexity index is 981. The minimum Gasteiger partial charge on any atom is -0.481 e. The fourth-order valence-corrected chi connectivity index (χ4v) is 3.32. The Morgan fingerprint density at radius 1 is 0.610 bits per heavy atom. The van der Waals surface area contributed by atoms with E-state index in [0.29, 0.717) is 0 Å². The molecule has 0 aromatic heterocycles. The number of nitrogens with two attached hydrogens (primary N) is 6. The summed E-state index contributed by atoms with van der Waals surface area (Å²) in [6.07, 6.45) is -0.807. The number of carboxylic acid groups (broad SMARTS) is 2. The van der Waals surface area contributed by atoms with Crippen LogP contribution < -0.4 is 50.4 Å². The predicted molar refractivity (Wildman–Crippen MR) is 147 cm³/mol. The molecule has 0 saturated heterocycles. The van der Waals surface area contributed by atoms with E-state index in [1.54, 1.807) is 0 Å². The number of nitrogens with zero attached hydrogens (tertiary/aromatic N) is 2. The van der Waals surface area contributed by atoms with Gasteiger partial charge < -0.3 is 60.6 Å². The summed E-state index contributed by atoms with van der Waals surface area (Å²) in [5.41, 5.74) is 32.0. The molecule has 17 N–H and O–H groups in total. The van der Waals surface area contributed by atoms with E-state index in [4.69, 9.17) is 39.5 Å². The number of hydrogen-bond acceptors (Lipinski definition) is 9. The van der Waals surface area contributed by atoms with Gasteiger partial charge in [0.25, 0.3) is 0 Å². The van der Waals surface area contributed by atoms with Gasteiger partial charge in [0.2, 0.25) is 23.6 Å². The molecule has 0 radical (unpaired) electrons. The van der Waals surface area contributed by atoms with Crippen molar-refractivity contribution in [1.82, 2.24) is 16.0 Å². The third-order valence-corrected chi connectivity index (χ3v) is 5.46. The first-order chi connectivity index (χ1) is 19.1. The van der Waals surface area contributed by atoms with Gasteiger partial charge in [-0.05, 0) is 38.5 Å². The van der Waals surface area contributed by atoms with Crippen molar-refractivity contribution in [3.05, 3.63) is 0 Å². The van der Waals surface area contributed by atoms with E-state index in [9.17, 15) is 33.9 Å². The summed E-state index contributed by atoms with van der Waals surface area (Å²) in [4.78, 5) is 79.9. The number of amides is 4. The van der Waals surface area contributed by atoms with Gasteiger partial charge in [-0.25, -0.2) is 4.79 Å². The number of carbonyl (C=O) groups is 6. The average Bonchev–Trinajstić information content (AvgIpc) is 2.87. The minimum atomic E-state index is -1.48. The molecule has 0 bridgehead atoms. The van der Waals surface area contributed by atoms with E-state index in [1.165, 1.54) is 0 Å². The van der Waals surface area contributed by atoms with Crippen molar-refractivity contribution in [3.63, 3.8) is 0 Å².